The van der Waals surface area contributed by atoms with Gasteiger partial charge in [0.2, 0.25) is 5.60 Å². The van der Waals surface area contributed by atoms with E-state index in [1.165, 1.54) is 12.1 Å². The summed E-state index contributed by atoms with van der Waals surface area (Å²) in [6, 6.07) is 5.90. The summed E-state index contributed by atoms with van der Waals surface area (Å²) in [5, 5.41) is 0. The number of rotatable bonds is 3. The quantitative estimate of drug-likeness (QED) is 0.482. The van der Waals surface area contributed by atoms with Crippen molar-refractivity contribution in [3.63, 3.8) is 0 Å². The van der Waals surface area contributed by atoms with Crippen LogP contribution in [0.4, 0.5) is 13.2 Å². The number of halogens is 5. The van der Waals surface area contributed by atoms with E-state index in [2.05, 4.69) is 15.9 Å². The smallest absolute Gasteiger partial charge is 0.284 e. The van der Waals surface area contributed by atoms with Gasteiger partial charge in [0.15, 0.2) is 0 Å². The van der Waals surface area contributed by atoms with E-state index in [1.54, 1.807) is 33.3 Å². The Morgan fingerprint density at radius 1 is 1.25 bits per heavy atom. The molecular weight excluding hydrogens is 420 g/mol. The normalized spacial score (nSPS) is 15.9. The van der Waals surface area contributed by atoms with Gasteiger partial charge < -0.3 is 0 Å². The highest BCUT2D eigenvalue weighted by Crippen LogP contribution is 2.45. The molecule has 0 aliphatic rings. The fraction of sp³-hybridized carbons (Fsp3) is 0.333. The highest BCUT2D eigenvalue weighted by atomic mass is 127. The molecule has 1 atom stereocenters. The Morgan fingerprint density at radius 3 is 2.12 bits per heavy atom. The van der Waals surface area contributed by atoms with Crippen LogP contribution < -0.4 is 0 Å². The van der Waals surface area contributed by atoms with E-state index in [1.807, 2.05) is 0 Å². The van der Waals surface area contributed by atoms with Crippen molar-refractivity contribution in [2.75, 3.05) is 0 Å². The van der Waals surface area contributed by atoms with Crippen LogP contribution in [-0.4, -0.2) is 6.18 Å². The average Bonchev–Trinajstić information content (AvgIpc) is 2.17. The molecule has 1 aromatic rings. The van der Waals surface area contributed by atoms with Gasteiger partial charge in [-0.15, -0.1) is 0 Å². The average molecular weight is 427 g/mol. The maximum atomic E-state index is 12.9. The zero-order valence-electron chi connectivity index (χ0n) is 8.02. The molecule has 0 aliphatic heterocycles. The molecule has 0 saturated carbocycles. The molecule has 90 valence electrons. The van der Waals surface area contributed by atoms with Crippen LogP contribution in [0.2, 0.25) is 0 Å². The number of hydrogen-bond acceptors (Lipinski definition) is 2. The third kappa shape index (κ3) is 3.05. The first-order valence-corrected chi connectivity index (χ1v) is 8.18. The fourth-order valence-corrected chi connectivity index (χ4v) is 2.75. The monoisotopic (exact) mass is 426 g/mol. The molecule has 1 rings (SSSR count). The lowest BCUT2D eigenvalue weighted by Gasteiger charge is -2.30. The molecule has 1 unspecified atom stereocenters. The highest BCUT2D eigenvalue weighted by Gasteiger charge is 2.54. The van der Waals surface area contributed by atoms with Crippen molar-refractivity contribution >= 4 is 46.3 Å². The van der Waals surface area contributed by atoms with E-state index in [4.69, 9.17) is 4.18 Å². The molecule has 0 spiro atoms. The van der Waals surface area contributed by atoms with Gasteiger partial charge in [0.05, 0.1) is 9.21 Å². The molecule has 0 amide bonds. The molecule has 0 saturated heterocycles. The Hall–Kier alpha value is 0.530. The first-order chi connectivity index (χ1) is 7.31. The molecule has 1 nitrogen and oxygen atoms in total. The largest absolute Gasteiger partial charge is 0.422 e. The van der Waals surface area contributed by atoms with Crippen molar-refractivity contribution in [3.8, 4) is 0 Å². The van der Waals surface area contributed by atoms with Gasteiger partial charge in [-0.2, -0.15) is 13.2 Å². The van der Waals surface area contributed by atoms with Crippen LogP contribution >= 0.6 is 46.3 Å². The number of hydrogen-bond donors (Lipinski definition) is 0. The summed E-state index contributed by atoms with van der Waals surface area (Å²) in [7, 11) is 0.673. The van der Waals surface area contributed by atoms with Crippen molar-refractivity contribution in [1.29, 1.82) is 0 Å². The molecule has 0 N–H and O–H groups in total. The maximum absolute atomic E-state index is 12.9. The van der Waals surface area contributed by atoms with E-state index in [0.29, 0.717) is 9.21 Å². The zero-order chi connectivity index (χ0) is 12.4. The summed E-state index contributed by atoms with van der Waals surface area (Å²) in [5.74, 6) is 0. The Morgan fingerprint density at radius 2 is 1.75 bits per heavy atom. The summed E-state index contributed by atoms with van der Waals surface area (Å²) in [5.41, 5.74) is -2.22. The lowest BCUT2D eigenvalue weighted by atomic mass is 9.96. The molecule has 0 radical (unpaired) electrons. The molecule has 0 aromatic heterocycles. The minimum Gasteiger partial charge on any atom is -0.284 e. The second-order valence-corrected chi connectivity index (χ2v) is 5.47. The molecule has 0 bridgehead atoms. The SMILES string of the molecule is CC(OSI)(c1ccc(Br)cc1)C(F)(F)F. The van der Waals surface area contributed by atoms with E-state index < -0.39 is 11.8 Å². The molecule has 1 aromatic carbocycles. The molecule has 0 fully saturated rings. The van der Waals surface area contributed by atoms with Crippen LogP contribution in [0.5, 0.6) is 0 Å². The summed E-state index contributed by atoms with van der Waals surface area (Å²) in [4.78, 5) is 0. The molecule has 7 heteroatoms. The first-order valence-electron chi connectivity index (χ1n) is 4.10. The Kier molecular flexibility index (Phi) is 4.97. The van der Waals surface area contributed by atoms with E-state index in [0.717, 1.165) is 11.4 Å². The molecule has 16 heavy (non-hydrogen) atoms. The summed E-state index contributed by atoms with van der Waals surface area (Å²) >= 11 is 4.84. The van der Waals surface area contributed by atoms with Crippen molar-refractivity contribution < 1.29 is 17.4 Å². The standard InChI is InChI=1S/C9H7BrF3IOS/c1-8(15-16-14,9(11,12)13)6-2-4-7(10)5-3-6/h2-5H,1H3. The van der Waals surface area contributed by atoms with Gasteiger partial charge in [0.25, 0.3) is 0 Å². The van der Waals surface area contributed by atoms with Crippen LogP contribution in [-0.2, 0) is 9.78 Å². The Balaban J connectivity index is 3.16. The third-order valence-electron chi connectivity index (χ3n) is 2.13. The topological polar surface area (TPSA) is 9.23 Å². The van der Waals surface area contributed by atoms with E-state index in [-0.39, 0.29) is 5.56 Å². The third-order valence-corrected chi connectivity index (χ3v) is 3.60. The molecular formula is C9H7BrF3IOS. The van der Waals surface area contributed by atoms with E-state index in [9.17, 15) is 13.2 Å². The summed E-state index contributed by atoms with van der Waals surface area (Å²) in [6.45, 7) is 1.02. The number of alkyl halides is 3. The van der Waals surface area contributed by atoms with Crippen LogP contribution in [0.1, 0.15) is 12.5 Å². The van der Waals surface area contributed by atoms with Gasteiger partial charge in [-0.25, -0.2) is 0 Å². The predicted octanol–water partition coefficient (Wildman–Crippen LogP) is 5.24. The minimum absolute atomic E-state index is 0.0763. The first kappa shape index (κ1) is 14.6. The van der Waals surface area contributed by atoms with E-state index >= 15 is 0 Å². The van der Waals surface area contributed by atoms with Crippen LogP contribution in [0.15, 0.2) is 28.7 Å². The van der Waals surface area contributed by atoms with Gasteiger partial charge in [-0.05, 0) is 24.6 Å². The fourth-order valence-electron chi connectivity index (χ4n) is 1.09. The lowest BCUT2D eigenvalue weighted by molar-refractivity contribution is -0.242. The van der Waals surface area contributed by atoms with Gasteiger partial charge >= 0.3 is 6.18 Å². The van der Waals surface area contributed by atoms with Crippen LogP contribution in [0.25, 0.3) is 0 Å². The lowest BCUT2D eigenvalue weighted by Crippen LogP contribution is -2.40. The van der Waals surface area contributed by atoms with Gasteiger partial charge in [-0.3, -0.25) is 4.18 Å². The Labute approximate surface area is 116 Å². The maximum Gasteiger partial charge on any atom is 0.422 e. The van der Waals surface area contributed by atoms with Gasteiger partial charge in [0.1, 0.15) is 0 Å². The minimum atomic E-state index is -4.46. The second kappa shape index (κ2) is 5.45. The van der Waals surface area contributed by atoms with Crippen molar-refractivity contribution in [2.45, 2.75) is 18.7 Å². The van der Waals surface area contributed by atoms with Crippen LogP contribution in [0, 0.1) is 0 Å². The summed E-state index contributed by atoms with van der Waals surface area (Å²) < 4.78 is 44.3. The van der Waals surface area contributed by atoms with Gasteiger partial charge in [0, 0.05) is 25.7 Å². The zero-order valence-corrected chi connectivity index (χ0v) is 12.6. The van der Waals surface area contributed by atoms with Crippen molar-refractivity contribution in [1.82, 2.24) is 0 Å². The highest BCUT2D eigenvalue weighted by molar-refractivity contribution is 14.2. The van der Waals surface area contributed by atoms with Gasteiger partial charge in [-0.1, -0.05) is 28.1 Å². The summed E-state index contributed by atoms with van der Waals surface area (Å²) in [6.07, 6.45) is -4.46. The Bertz CT molecular complexity index is 357. The molecule has 0 aliphatic carbocycles. The van der Waals surface area contributed by atoms with Crippen molar-refractivity contribution in [3.05, 3.63) is 34.3 Å². The number of benzene rings is 1. The molecule has 0 heterocycles. The van der Waals surface area contributed by atoms with Crippen molar-refractivity contribution in [2.24, 2.45) is 0 Å². The van der Waals surface area contributed by atoms with Crippen LogP contribution in [0.3, 0.4) is 0 Å². The predicted molar refractivity (Wildman–Crippen MR) is 70.2 cm³/mol. The second-order valence-electron chi connectivity index (χ2n) is 3.18.